The third-order valence-electron chi connectivity index (χ3n) is 3.33. The zero-order valence-corrected chi connectivity index (χ0v) is 12.9. The first kappa shape index (κ1) is 16.7. The Balaban J connectivity index is 3.81. The average molecular weight is 242 g/mol. The largest absolute Gasteiger partial charge is 0.335 e. The predicted molar refractivity (Wildman–Crippen MR) is 76.7 cm³/mol. The van der Waals surface area contributed by atoms with E-state index in [0.29, 0.717) is 0 Å². The predicted octanol–water partition coefficient (Wildman–Crippen LogP) is 0.418. The molecule has 2 atom stereocenters. The van der Waals surface area contributed by atoms with E-state index < -0.39 is 0 Å². The summed E-state index contributed by atoms with van der Waals surface area (Å²) in [6, 6.07) is 0. The highest BCUT2D eigenvalue weighted by atomic mass is 15.2. The molecule has 0 amide bonds. The molecule has 0 aromatic carbocycles. The molecule has 17 heavy (non-hydrogen) atoms. The van der Waals surface area contributed by atoms with Crippen LogP contribution in [0.25, 0.3) is 0 Å². The molecule has 102 valence electrons. The van der Waals surface area contributed by atoms with Crippen LogP contribution in [0.5, 0.6) is 0 Å². The van der Waals surface area contributed by atoms with Crippen molar-refractivity contribution in [2.24, 2.45) is 5.92 Å². The maximum Gasteiger partial charge on any atom is 0.127 e. The Labute approximate surface area is 109 Å². The van der Waals surface area contributed by atoms with Crippen LogP contribution in [-0.2, 0) is 0 Å². The lowest BCUT2D eigenvalue weighted by molar-refractivity contribution is -0.942. The minimum Gasteiger partial charge on any atom is -0.335 e. The van der Waals surface area contributed by atoms with Gasteiger partial charge in [0.1, 0.15) is 13.1 Å². The molecule has 1 unspecified atom stereocenters. The SMILES string of the molecule is CC[NH+](CC[NH+](C)C)C[C@H](C)CCC=C(C)C. The van der Waals surface area contributed by atoms with E-state index in [1.165, 1.54) is 44.6 Å². The molecule has 0 aromatic rings. The second-order valence-electron chi connectivity index (χ2n) is 5.98. The van der Waals surface area contributed by atoms with E-state index in [-0.39, 0.29) is 0 Å². The van der Waals surface area contributed by atoms with E-state index in [4.69, 9.17) is 0 Å². The fraction of sp³-hybridized carbons (Fsp3) is 0.867. The monoisotopic (exact) mass is 242 g/mol. The van der Waals surface area contributed by atoms with Crippen LogP contribution in [0.1, 0.15) is 40.5 Å². The Hall–Kier alpha value is -0.340. The number of hydrogen-bond donors (Lipinski definition) is 2. The summed E-state index contributed by atoms with van der Waals surface area (Å²) in [6.45, 7) is 14.3. The Morgan fingerprint density at radius 2 is 1.82 bits per heavy atom. The quantitative estimate of drug-likeness (QED) is 0.542. The van der Waals surface area contributed by atoms with Gasteiger partial charge in [0.05, 0.1) is 27.2 Å². The highest BCUT2D eigenvalue weighted by Crippen LogP contribution is 2.05. The summed E-state index contributed by atoms with van der Waals surface area (Å²) in [5.41, 5.74) is 1.45. The minimum absolute atomic E-state index is 0.845. The highest BCUT2D eigenvalue weighted by molar-refractivity contribution is 4.92. The standard InChI is InChI=1S/C15H32N2/c1-7-17(12-11-16(5)6)13-15(4)10-8-9-14(2)3/h9,15H,7-8,10-13H2,1-6H3/p+2/t15-/m1/s1. The lowest BCUT2D eigenvalue weighted by atomic mass is 10.0. The molecular weight excluding hydrogens is 208 g/mol. The molecule has 0 fully saturated rings. The summed E-state index contributed by atoms with van der Waals surface area (Å²) in [4.78, 5) is 3.32. The number of likely N-dealkylation sites (N-methyl/N-ethyl adjacent to an activating group) is 2. The second-order valence-corrected chi connectivity index (χ2v) is 5.98. The highest BCUT2D eigenvalue weighted by Gasteiger charge is 2.12. The summed E-state index contributed by atoms with van der Waals surface area (Å²) in [6.07, 6.45) is 4.95. The van der Waals surface area contributed by atoms with Gasteiger partial charge in [-0.3, -0.25) is 0 Å². The van der Waals surface area contributed by atoms with Gasteiger partial charge in [-0.2, -0.15) is 0 Å². The summed E-state index contributed by atoms with van der Waals surface area (Å²) in [5.74, 6) is 0.845. The molecule has 2 N–H and O–H groups in total. The molecule has 0 radical (unpaired) electrons. The van der Waals surface area contributed by atoms with Crippen LogP contribution < -0.4 is 9.80 Å². The fourth-order valence-corrected chi connectivity index (χ4v) is 2.10. The summed E-state index contributed by atoms with van der Waals surface area (Å²) >= 11 is 0. The van der Waals surface area contributed by atoms with Crippen LogP contribution in [0.3, 0.4) is 0 Å². The van der Waals surface area contributed by atoms with E-state index >= 15 is 0 Å². The van der Waals surface area contributed by atoms with Gasteiger partial charge >= 0.3 is 0 Å². The zero-order chi connectivity index (χ0) is 13.3. The van der Waals surface area contributed by atoms with Crippen LogP contribution in [0.15, 0.2) is 11.6 Å². The number of rotatable bonds is 9. The van der Waals surface area contributed by atoms with Crippen LogP contribution >= 0.6 is 0 Å². The topological polar surface area (TPSA) is 8.88 Å². The zero-order valence-electron chi connectivity index (χ0n) is 12.9. The summed E-state index contributed by atoms with van der Waals surface area (Å²) in [7, 11) is 4.48. The minimum atomic E-state index is 0.845. The summed E-state index contributed by atoms with van der Waals surface area (Å²) < 4.78 is 0. The normalized spacial score (nSPS) is 14.8. The van der Waals surface area contributed by atoms with Crippen molar-refractivity contribution in [1.29, 1.82) is 0 Å². The van der Waals surface area contributed by atoms with Crippen LogP contribution in [-0.4, -0.2) is 40.3 Å². The van der Waals surface area contributed by atoms with E-state index in [2.05, 4.69) is 47.9 Å². The number of nitrogens with one attached hydrogen (secondary N) is 2. The Kier molecular flexibility index (Phi) is 9.47. The van der Waals surface area contributed by atoms with Gasteiger partial charge in [-0.1, -0.05) is 18.6 Å². The van der Waals surface area contributed by atoms with Crippen LogP contribution in [0.2, 0.25) is 0 Å². The molecule has 0 aliphatic heterocycles. The molecule has 0 aromatic heterocycles. The van der Waals surface area contributed by atoms with E-state index in [1.807, 2.05) is 0 Å². The van der Waals surface area contributed by atoms with Crippen molar-refractivity contribution < 1.29 is 9.80 Å². The Bertz CT molecular complexity index is 205. The molecule has 2 heteroatoms. The third-order valence-corrected chi connectivity index (χ3v) is 3.33. The van der Waals surface area contributed by atoms with Crippen molar-refractivity contribution in [2.75, 3.05) is 40.3 Å². The van der Waals surface area contributed by atoms with Gasteiger partial charge in [0, 0.05) is 5.92 Å². The third kappa shape index (κ3) is 10.5. The molecule has 0 aliphatic carbocycles. The molecule has 0 saturated heterocycles. The van der Waals surface area contributed by atoms with Crippen molar-refractivity contribution in [1.82, 2.24) is 0 Å². The van der Waals surface area contributed by atoms with Crippen molar-refractivity contribution in [3.8, 4) is 0 Å². The molecule has 0 aliphatic rings. The van der Waals surface area contributed by atoms with Crippen molar-refractivity contribution in [3.63, 3.8) is 0 Å². The van der Waals surface area contributed by atoms with Crippen LogP contribution in [0.4, 0.5) is 0 Å². The van der Waals surface area contributed by atoms with Gasteiger partial charge < -0.3 is 9.80 Å². The van der Waals surface area contributed by atoms with Gasteiger partial charge in [0.25, 0.3) is 0 Å². The number of quaternary nitrogens is 2. The van der Waals surface area contributed by atoms with Gasteiger partial charge in [-0.25, -0.2) is 0 Å². The Morgan fingerprint density at radius 1 is 1.18 bits per heavy atom. The van der Waals surface area contributed by atoms with Crippen molar-refractivity contribution in [3.05, 3.63) is 11.6 Å². The molecule has 0 bridgehead atoms. The lowest BCUT2D eigenvalue weighted by Crippen LogP contribution is -3.18. The van der Waals surface area contributed by atoms with E-state index in [0.717, 1.165) is 5.92 Å². The van der Waals surface area contributed by atoms with E-state index in [9.17, 15) is 0 Å². The van der Waals surface area contributed by atoms with Crippen LogP contribution in [0, 0.1) is 5.92 Å². The molecule has 0 spiro atoms. The maximum atomic E-state index is 2.40. The molecule has 0 rings (SSSR count). The molecular formula is C15H34N2+2. The lowest BCUT2D eigenvalue weighted by Gasteiger charge is -2.21. The smallest absolute Gasteiger partial charge is 0.127 e. The van der Waals surface area contributed by atoms with Gasteiger partial charge in [0.15, 0.2) is 0 Å². The fourth-order valence-electron chi connectivity index (χ4n) is 2.10. The second kappa shape index (κ2) is 9.67. The molecule has 2 nitrogen and oxygen atoms in total. The van der Waals surface area contributed by atoms with Gasteiger partial charge in [-0.15, -0.1) is 0 Å². The molecule has 0 heterocycles. The van der Waals surface area contributed by atoms with Gasteiger partial charge in [0.2, 0.25) is 0 Å². The van der Waals surface area contributed by atoms with Crippen molar-refractivity contribution >= 4 is 0 Å². The maximum absolute atomic E-state index is 2.40. The first-order valence-electron chi connectivity index (χ1n) is 7.21. The average Bonchev–Trinajstić information content (AvgIpc) is 2.23. The van der Waals surface area contributed by atoms with E-state index in [1.54, 1.807) is 9.80 Å². The molecule has 0 saturated carbocycles. The number of allylic oxidation sites excluding steroid dienone is 2. The first-order valence-corrected chi connectivity index (χ1v) is 7.21. The van der Waals surface area contributed by atoms with Crippen molar-refractivity contribution in [2.45, 2.75) is 40.5 Å². The van der Waals surface area contributed by atoms with Gasteiger partial charge in [-0.05, 0) is 33.6 Å². The Morgan fingerprint density at radius 3 is 2.29 bits per heavy atom. The first-order chi connectivity index (χ1) is 7.95. The number of hydrogen-bond acceptors (Lipinski definition) is 0. The summed E-state index contributed by atoms with van der Waals surface area (Å²) in [5, 5.41) is 0.